The van der Waals surface area contributed by atoms with Crippen LogP contribution in [0.2, 0.25) is 0 Å². The van der Waals surface area contributed by atoms with Crippen LogP contribution in [0.25, 0.3) is 22.0 Å². The first-order valence-corrected chi connectivity index (χ1v) is 15.1. The van der Waals surface area contributed by atoms with Gasteiger partial charge in [-0.05, 0) is 29.7 Å². The van der Waals surface area contributed by atoms with E-state index in [9.17, 15) is 4.79 Å². The largest absolute Gasteiger partial charge is 0.298 e. The van der Waals surface area contributed by atoms with Crippen molar-refractivity contribution < 1.29 is 4.79 Å². The van der Waals surface area contributed by atoms with Crippen molar-refractivity contribution in [2.24, 2.45) is 0 Å². The molecule has 0 saturated carbocycles. The van der Waals surface area contributed by atoms with E-state index in [1.807, 2.05) is 134 Å². The Bertz CT molecular complexity index is 1340. The molecule has 0 bridgehead atoms. The second-order valence-corrected chi connectivity index (χ2v) is 7.79. The Labute approximate surface area is 265 Å². The molecule has 0 aliphatic rings. The van der Waals surface area contributed by atoms with Crippen LogP contribution in [-0.4, -0.2) is 11.3 Å². The highest BCUT2D eigenvalue weighted by molar-refractivity contribution is 9.10. The average Bonchev–Trinajstić information content (AvgIpc) is 3.10. The molecule has 5 aromatic rings. The van der Waals surface area contributed by atoms with Crippen LogP contribution >= 0.6 is 15.9 Å². The summed E-state index contributed by atoms with van der Waals surface area (Å²) < 4.78 is 0.847. The molecular weight excluding hydrogens is 578 g/mol. The number of aldehydes is 1. The summed E-state index contributed by atoms with van der Waals surface area (Å²) in [6.45, 7) is 16.0. The maximum Gasteiger partial charge on any atom is 0.151 e. The number of aromatic nitrogens is 1. The van der Waals surface area contributed by atoms with E-state index in [-0.39, 0.29) is 7.43 Å². The molecule has 0 amide bonds. The van der Waals surface area contributed by atoms with E-state index < -0.39 is 0 Å². The number of hydrogen-bond donors (Lipinski definition) is 0. The maximum atomic E-state index is 10.2. The van der Waals surface area contributed by atoms with Crippen LogP contribution < -0.4 is 0 Å². The summed E-state index contributed by atoms with van der Waals surface area (Å²) in [7, 11) is 0. The molecule has 5 rings (SSSR count). The highest BCUT2D eigenvalue weighted by Crippen LogP contribution is 2.21. The number of halogens is 1. The van der Waals surface area contributed by atoms with Crippen molar-refractivity contribution in [2.45, 2.75) is 62.8 Å². The SMILES string of the molecule is C.C#Cc1ccccc1.CC.CC.CC.CC.O=Cc1ccccc1Br.c1ccc(-c2cc3ccccc3cn2)cc1. The lowest BCUT2D eigenvalue weighted by molar-refractivity contribution is 0.112. The summed E-state index contributed by atoms with van der Waals surface area (Å²) in [6, 6.07) is 37.6. The van der Waals surface area contributed by atoms with Crippen molar-refractivity contribution in [1.29, 1.82) is 0 Å². The zero-order chi connectivity index (χ0) is 31.3. The third kappa shape index (κ3) is 17.0. The van der Waals surface area contributed by atoms with E-state index in [1.165, 1.54) is 10.8 Å². The average molecular weight is 629 g/mol. The third-order valence-electron chi connectivity index (χ3n) is 4.67. The lowest BCUT2D eigenvalue weighted by atomic mass is 10.1. The molecule has 0 fully saturated rings. The summed E-state index contributed by atoms with van der Waals surface area (Å²) in [5, 5.41) is 2.42. The van der Waals surface area contributed by atoms with Gasteiger partial charge < -0.3 is 0 Å². The number of fused-ring (bicyclic) bond motifs is 1. The van der Waals surface area contributed by atoms with Crippen molar-refractivity contribution >= 4 is 33.0 Å². The van der Waals surface area contributed by atoms with Gasteiger partial charge in [-0.1, -0.05) is 176 Å². The fraction of sp³-hybridized carbons (Fsp3) is 0.231. The van der Waals surface area contributed by atoms with Crippen LogP contribution in [0, 0.1) is 12.3 Å². The Kier molecular flexibility index (Phi) is 30.3. The Morgan fingerprint density at radius 3 is 1.55 bits per heavy atom. The fourth-order valence-corrected chi connectivity index (χ4v) is 3.33. The molecule has 0 aliphatic carbocycles. The number of carbonyl (C=O) groups is 1. The summed E-state index contributed by atoms with van der Waals surface area (Å²) in [5.74, 6) is 2.53. The van der Waals surface area contributed by atoms with Gasteiger partial charge in [0.05, 0.1) is 5.69 Å². The van der Waals surface area contributed by atoms with E-state index in [0.29, 0.717) is 5.56 Å². The molecule has 1 heterocycles. The molecule has 2 nitrogen and oxygen atoms in total. The molecule has 0 saturated heterocycles. The first-order valence-electron chi connectivity index (χ1n) is 14.3. The van der Waals surface area contributed by atoms with Crippen molar-refractivity contribution in [3.8, 4) is 23.6 Å². The predicted molar refractivity (Wildman–Crippen MR) is 193 cm³/mol. The van der Waals surface area contributed by atoms with E-state index in [4.69, 9.17) is 6.42 Å². The number of terminal acetylenes is 1. The minimum absolute atomic E-state index is 0. The summed E-state index contributed by atoms with van der Waals surface area (Å²) >= 11 is 3.23. The van der Waals surface area contributed by atoms with Crippen molar-refractivity contribution in [2.75, 3.05) is 0 Å². The van der Waals surface area contributed by atoms with Gasteiger partial charge in [-0.25, -0.2) is 0 Å². The molecule has 0 N–H and O–H groups in total. The van der Waals surface area contributed by atoms with Gasteiger partial charge in [-0.2, -0.15) is 0 Å². The monoisotopic (exact) mass is 627 g/mol. The second-order valence-electron chi connectivity index (χ2n) is 6.93. The molecule has 0 aliphatic heterocycles. The Morgan fingerprint density at radius 2 is 1.10 bits per heavy atom. The quantitative estimate of drug-likeness (QED) is 0.144. The number of carbonyl (C=O) groups excluding carboxylic acids is 1. The highest BCUT2D eigenvalue weighted by Gasteiger charge is 1.99. The van der Waals surface area contributed by atoms with Gasteiger partial charge in [0.25, 0.3) is 0 Å². The Morgan fingerprint density at radius 1 is 0.643 bits per heavy atom. The summed E-state index contributed by atoms with van der Waals surface area (Å²) in [6.07, 6.45) is 7.85. The van der Waals surface area contributed by atoms with Crippen LogP contribution in [0.3, 0.4) is 0 Å². The maximum absolute atomic E-state index is 10.2. The van der Waals surface area contributed by atoms with Gasteiger partial charge >= 0.3 is 0 Å². The molecule has 0 unspecified atom stereocenters. The normalized spacial score (nSPS) is 8.00. The molecule has 1 aromatic heterocycles. The predicted octanol–water partition coefficient (Wildman–Crippen LogP) is 12.6. The molecule has 42 heavy (non-hydrogen) atoms. The van der Waals surface area contributed by atoms with E-state index >= 15 is 0 Å². The van der Waals surface area contributed by atoms with Gasteiger partial charge in [0, 0.05) is 32.7 Å². The summed E-state index contributed by atoms with van der Waals surface area (Å²) in [4.78, 5) is 14.7. The molecule has 0 spiro atoms. The van der Waals surface area contributed by atoms with Gasteiger partial charge in [0.2, 0.25) is 0 Å². The number of hydrogen-bond acceptors (Lipinski definition) is 2. The fourth-order valence-electron chi connectivity index (χ4n) is 2.96. The van der Waals surface area contributed by atoms with Crippen molar-refractivity contribution in [3.05, 3.63) is 137 Å². The topological polar surface area (TPSA) is 30.0 Å². The van der Waals surface area contributed by atoms with Crippen LogP contribution in [0.4, 0.5) is 0 Å². The van der Waals surface area contributed by atoms with E-state index in [2.05, 4.69) is 63.2 Å². The number of nitrogens with zero attached hydrogens (tertiary/aromatic N) is 1. The van der Waals surface area contributed by atoms with Crippen LogP contribution in [-0.2, 0) is 0 Å². The van der Waals surface area contributed by atoms with Crippen LogP contribution in [0.5, 0.6) is 0 Å². The smallest absolute Gasteiger partial charge is 0.151 e. The molecule has 0 atom stereocenters. The van der Waals surface area contributed by atoms with Gasteiger partial charge in [0.1, 0.15) is 0 Å². The molecule has 0 radical (unpaired) electrons. The first-order chi connectivity index (χ1) is 20.2. The highest BCUT2D eigenvalue weighted by atomic mass is 79.9. The Hall–Kier alpha value is -4.00. The van der Waals surface area contributed by atoms with Crippen LogP contribution in [0.15, 0.2) is 126 Å². The number of pyridine rings is 1. The molecule has 3 heteroatoms. The van der Waals surface area contributed by atoms with Gasteiger partial charge in [0.15, 0.2) is 6.29 Å². The molecule has 4 aromatic carbocycles. The minimum atomic E-state index is 0. The number of rotatable bonds is 2. The van der Waals surface area contributed by atoms with Crippen LogP contribution in [0.1, 0.15) is 78.7 Å². The zero-order valence-electron chi connectivity index (χ0n) is 25.9. The Balaban J connectivity index is -0.000000507. The lowest BCUT2D eigenvalue weighted by Gasteiger charge is -2.02. The molecule has 224 valence electrons. The second kappa shape index (κ2) is 30.0. The van der Waals surface area contributed by atoms with Gasteiger partial charge in [-0.15, -0.1) is 6.42 Å². The van der Waals surface area contributed by atoms with Gasteiger partial charge in [-0.3, -0.25) is 9.78 Å². The van der Waals surface area contributed by atoms with Crippen molar-refractivity contribution in [3.63, 3.8) is 0 Å². The summed E-state index contributed by atoms with van der Waals surface area (Å²) in [5.41, 5.74) is 3.82. The standard InChI is InChI=1S/C15H11N.C8H6.C7H5BrO.4C2H6.CH4/c1-2-6-12(7-3-1)15-10-13-8-4-5-9-14(13)11-16-15;1-2-8-6-4-3-5-7-8;8-7-4-2-1-3-6(7)5-9;4*1-2;/h1-11H;1,3-7H;1-5H;4*1-2H3;1H4. The van der Waals surface area contributed by atoms with Crippen molar-refractivity contribution in [1.82, 2.24) is 4.98 Å². The number of benzene rings is 4. The molecular formula is C39H50BrNO. The van der Waals surface area contributed by atoms with E-state index in [1.54, 1.807) is 6.07 Å². The minimum Gasteiger partial charge on any atom is -0.298 e. The third-order valence-corrected chi connectivity index (χ3v) is 5.40. The van der Waals surface area contributed by atoms with E-state index in [0.717, 1.165) is 27.6 Å². The zero-order valence-corrected chi connectivity index (χ0v) is 27.5. The lowest BCUT2D eigenvalue weighted by Crippen LogP contribution is -1.83. The first kappa shape index (κ1) is 42.5.